The minimum Gasteiger partial charge on any atom is -0.493 e. The van der Waals surface area contributed by atoms with Gasteiger partial charge in [0.25, 0.3) is 0 Å². The van der Waals surface area contributed by atoms with Crippen molar-refractivity contribution in [3.63, 3.8) is 0 Å². The predicted molar refractivity (Wildman–Crippen MR) is 68.7 cm³/mol. The fourth-order valence-electron chi connectivity index (χ4n) is 1.10. The van der Waals surface area contributed by atoms with Gasteiger partial charge < -0.3 is 9.47 Å². The Kier molecular flexibility index (Phi) is 8.22. The standard InChI is InChI=1S/C12H12O3.C2H6/c1-3-4-7-15-11-6-5-10(9-13)8-12(11)14-2;1-2/h1,5-6,8-9H,4,7H2,2H3;1-2H3. The van der Waals surface area contributed by atoms with Crippen LogP contribution in [0.5, 0.6) is 11.5 Å². The largest absolute Gasteiger partial charge is 0.493 e. The molecular weight excluding hydrogens is 216 g/mol. The molecule has 1 aromatic carbocycles. The Bertz CT molecular complexity index is 378. The highest BCUT2D eigenvalue weighted by atomic mass is 16.5. The highest BCUT2D eigenvalue weighted by Crippen LogP contribution is 2.27. The molecule has 0 fully saturated rings. The van der Waals surface area contributed by atoms with Gasteiger partial charge in [-0.25, -0.2) is 0 Å². The molecule has 0 unspecified atom stereocenters. The van der Waals surface area contributed by atoms with Crippen LogP contribution in [0.25, 0.3) is 0 Å². The summed E-state index contributed by atoms with van der Waals surface area (Å²) in [5.41, 5.74) is 0.552. The van der Waals surface area contributed by atoms with E-state index in [9.17, 15) is 4.79 Å². The molecule has 0 bridgehead atoms. The summed E-state index contributed by atoms with van der Waals surface area (Å²) in [7, 11) is 1.53. The lowest BCUT2D eigenvalue weighted by molar-refractivity contribution is 0.112. The first-order chi connectivity index (χ1) is 8.31. The lowest BCUT2D eigenvalue weighted by Crippen LogP contribution is -1.98. The molecular formula is C14H18O3. The molecule has 0 aliphatic heterocycles. The summed E-state index contributed by atoms with van der Waals surface area (Å²) in [4.78, 5) is 10.5. The second-order valence-corrected chi connectivity index (χ2v) is 2.83. The first kappa shape index (κ1) is 15.0. The van der Waals surface area contributed by atoms with Crippen molar-refractivity contribution in [2.24, 2.45) is 0 Å². The van der Waals surface area contributed by atoms with Crippen LogP contribution in [0.3, 0.4) is 0 Å². The zero-order valence-corrected chi connectivity index (χ0v) is 10.5. The van der Waals surface area contributed by atoms with Crippen LogP contribution < -0.4 is 9.47 Å². The van der Waals surface area contributed by atoms with Gasteiger partial charge in [-0.1, -0.05) is 13.8 Å². The van der Waals surface area contributed by atoms with Crippen molar-refractivity contribution >= 4 is 6.29 Å². The van der Waals surface area contributed by atoms with Crippen molar-refractivity contribution in [3.05, 3.63) is 23.8 Å². The van der Waals surface area contributed by atoms with Crippen molar-refractivity contribution in [1.29, 1.82) is 0 Å². The van der Waals surface area contributed by atoms with Gasteiger partial charge in [0.1, 0.15) is 6.29 Å². The van der Waals surface area contributed by atoms with Crippen molar-refractivity contribution in [1.82, 2.24) is 0 Å². The molecule has 3 nitrogen and oxygen atoms in total. The van der Waals surface area contributed by atoms with Crippen molar-refractivity contribution in [3.8, 4) is 23.8 Å². The third kappa shape index (κ3) is 5.07. The molecule has 1 aromatic rings. The number of ether oxygens (including phenoxy) is 2. The highest BCUT2D eigenvalue weighted by molar-refractivity contribution is 5.76. The van der Waals surface area contributed by atoms with E-state index in [1.54, 1.807) is 18.2 Å². The van der Waals surface area contributed by atoms with Crippen LogP contribution in [0.15, 0.2) is 18.2 Å². The predicted octanol–water partition coefficient (Wildman–Crippen LogP) is 2.94. The van der Waals surface area contributed by atoms with Gasteiger partial charge in [-0.15, -0.1) is 12.3 Å². The van der Waals surface area contributed by atoms with Crippen molar-refractivity contribution in [2.75, 3.05) is 13.7 Å². The Labute approximate surface area is 103 Å². The molecule has 3 heteroatoms. The van der Waals surface area contributed by atoms with E-state index < -0.39 is 0 Å². The van der Waals surface area contributed by atoms with E-state index in [1.807, 2.05) is 13.8 Å². The van der Waals surface area contributed by atoms with E-state index in [1.165, 1.54) is 7.11 Å². The number of terminal acetylenes is 1. The number of rotatable bonds is 5. The van der Waals surface area contributed by atoms with Gasteiger partial charge in [-0.3, -0.25) is 4.79 Å². The number of carbonyl (C=O) groups excluding carboxylic acids is 1. The quantitative estimate of drug-likeness (QED) is 0.446. The fraction of sp³-hybridized carbons (Fsp3) is 0.357. The fourth-order valence-corrected chi connectivity index (χ4v) is 1.10. The van der Waals surface area contributed by atoms with Crippen LogP contribution in [0.4, 0.5) is 0 Å². The number of methoxy groups -OCH3 is 1. The molecule has 0 heterocycles. The molecule has 0 radical (unpaired) electrons. The van der Waals surface area contributed by atoms with Gasteiger partial charge in [0, 0.05) is 12.0 Å². The molecule has 0 spiro atoms. The first-order valence-electron chi connectivity index (χ1n) is 5.51. The van der Waals surface area contributed by atoms with Crippen LogP contribution in [0.1, 0.15) is 30.6 Å². The molecule has 0 atom stereocenters. The smallest absolute Gasteiger partial charge is 0.161 e. The van der Waals surface area contributed by atoms with E-state index in [-0.39, 0.29) is 0 Å². The van der Waals surface area contributed by atoms with Crippen LogP contribution in [-0.4, -0.2) is 20.0 Å². The number of carbonyl (C=O) groups is 1. The third-order valence-corrected chi connectivity index (χ3v) is 1.83. The van der Waals surface area contributed by atoms with Crippen LogP contribution in [-0.2, 0) is 0 Å². The van der Waals surface area contributed by atoms with Crippen molar-refractivity contribution < 1.29 is 14.3 Å². The molecule has 0 aliphatic rings. The van der Waals surface area contributed by atoms with Crippen LogP contribution in [0, 0.1) is 12.3 Å². The number of hydrogen-bond donors (Lipinski definition) is 0. The summed E-state index contributed by atoms with van der Waals surface area (Å²) in [5.74, 6) is 3.61. The van der Waals surface area contributed by atoms with E-state index >= 15 is 0 Å². The molecule has 0 aromatic heterocycles. The van der Waals surface area contributed by atoms with E-state index in [2.05, 4.69) is 5.92 Å². The third-order valence-electron chi connectivity index (χ3n) is 1.83. The Morgan fingerprint density at radius 3 is 2.59 bits per heavy atom. The van der Waals surface area contributed by atoms with Crippen molar-refractivity contribution in [2.45, 2.75) is 20.3 Å². The van der Waals surface area contributed by atoms with E-state index in [0.29, 0.717) is 30.1 Å². The Hall–Kier alpha value is -1.95. The Morgan fingerprint density at radius 1 is 1.35 bits per heavy atom. The average Bonchev–Trinajstić information content (AvgIpc) is 2.41. The minimum absolute atomic E-state index is 0.438. The second kappa shape index (κ2) is 9.29. The van der Waals surface area contributed by atoms with Crippen LogP contribution >= 0.6 is 0 Å². The van der Waals surface area contributed by atoms with E-state index in [0.717, 1.165) is 6.29 Å². The Morgan fingerprint density at radius 2 is 2.06 bits per heavy atom. The first-order valence-corrected chi connectivity index (χ1v) is 5.51. The summed E-state index contributed by atoms with van der Waals surface area (Å²) in [6.45, 7) is 4.44. The molecule has 92 valence electrons. The van der Waals surface area contributed by atoms with E-state index in [4.69, 9.17) is 15.9 Å². The molecule has 0 aliphatic carbocycles. The lowest BCUT2D eigenvalue weighted by Gasteiger charge is -2.09. The summed E-state index contributed by atoms with van der Waals surface area (Å²) in [5, 5.41) is 0. The minimum atomic E-state index is 0.438. The molecule has 0 N–H and O–H groups in total. The SMILES string of the molecule is C#CCCOc1ccc(C=O)cc1OC.CC. The van der Waals surface area contributed by atoms with Gasteiger partial charge in [-0.2, -0.15) is 0 Å². The molecule has 1 rings (SSSR count). The molecule has 0 saturated heterocycles. The Balaban J connectivity index is 0.00000121. The lowest BCUT2D eigenvalue weighted by atomic mass is 10.2. The summed E-state index contributed by atoms with van der Waals surface area (Å²) >= 11 is 0. The summed E-state index contributed by atoms with van der Waals surface area (Å²) in [6, 6.07) is 4.98. The number of benzene rings is 1. The highest BCUT2D eigenvalue weighted by Gasteiger charge is 2.04. The van der Waals surface area contributed by atoms with Gasteiger partial charge in [-0.05, 0) is 18.2 Å². The monoisotopic (exact) mass is 234 g/mol. The maximum Gasteiger partial charge on any atom is 0.161 e. The normalized spacial score (nSPS) is 8.35. The average molecular weight is 234 g/mol. The maximum absolute atomic E-state index is 10.5. The topological polar surface area (TPSA) is 35.5 Å². The van der Waals surface area contributed by atoms with Crippen LogP contribution in [0.2, 0.25) is 0 Å². The summed E-state index contributed by atoms with van der Waals surface area (Å²) < 4.78 is 10.5. The second-order valence-electron chi connectivity index (χ2n) is 2.83. The zero-order chi connectivity index (χ0) is 13.1. The molecule has 0 amide bonds. The van der Waals surface area contributed by atoms with Gasteiger partial charge in [0.2, 0.25) is 0 Å². The summed E-state index contributed by atoms with van der Waals surface area (Å²) in [6.07, 6.45) is 6.40. The van der Waals surface area contributed by atoms with Gasteiger partial charge >= 0.3 is 0 Å². The number of hydrogen-bond acceptors (Lipinski definition) is 3. The zero-order valence-electron chi connectivity index (χ0n) is 10.5. The van der Waals surface area contributed by atoms with Gasteiger partial charge in [0.05, 0.1) is 13.7 Å². The maximum atomic E-state index is 10.5. The molecule has 17 heavy (non-hydrogen) atoms. The molecule has 0 saturated carbocycles. The number of aldehydes is 1. The van der Waals surface area contributed by atoms with Gasteiger partial charge in [0.15, 0.2) is 11.5 Å².